The van der Waals surface area contributed by atoms with E-state index >= 15 is 0 Å². The van der Waals surface area contributed by atoms with Crippen LogP contribution in [0.1, 0.15) is 24.3 Å². The van der Waals surface area contributed by atoms with Gasteiger partial charge in [0, 0.05) is 25.0 Å². The number of carbonyl (C=O) groups is 4. The Labute approximate surface area is 178 Å². The highest BCUT2D eigenvalue weighted by molar-refractivity contribution is 6.31. The highest BCUT2D eigenvalue weighted by Crippen LogP contribution is 2.58. The van der Waals surface area contributed by atoms with Crippen LogP contribution in [0, 0.1) is 29.6 Å². The van der Waals surface area contributed by atoms with Gasteiger partial charge in [0.15, 0.2) is 0 Å². The van der Waals surface area contributed by atoms with Crippen molar-refractivity contribution >= 4 is 35.2 Å². The van der Waals surface area contributed by atoms with Gasteiger partial charge in [0.05, 0.1) is 23.7 Å². The van der Waals surface area contributed by atoms with Crippen LogP contribution in [-0.2, 0) is 19.2 Å². The first kappa shape index (κ1) is 19.3. The second kappa shape index (κ2) is 6.41. The van der Waals surface area contributed by atoms with Gasteiger partial charge in [-0.25, -0.2) is 0 Å². The number of likely N-dealkylation sites (tertiary alicyclic amines) is 2. The molecule has 5 rings (SSSR count). The van der Waals surface area contributed by atoms with E-state index in [0.717, 1.165) is 5.57 Å². The molecule has 0 aromatic heterocycles. The predicted molar refractivity (Wildman–Crippen MR) is 106 cm³/mol. The highest BCUT2D eigenvalue weighted by Gasteiger charge is 2.61. The predicted octanol–water partition coefficient (Wildman–Crippen LogP) is 1.94. The summed E-state index contributed by atoms with van der Waals surface area (Å²) >= 11 is 6.46. The van der Waals surface area contributed by atoms with Crippen molar-refractivity contribution in [2.45, 2.75) is 18.8 Å². The molecule has 156 valence electrons. The topological polar surface area (TPSA) is 95.0 Å². The number of imide groups is 2. The third-order valence-corrected chi connectivity index (χ3v) is 7.74. The van der Waals surface area contributed by atoms with Crippen LogP contribution >= 0.6 is 11.6 Å². The third-order valence-electron chi connectivity index (χ3n) is 7.41. The molecule has 2 aliphatic heterocycles. The van der Waals surface area contributed by atoms with Gasteiger partial charge in [-0.3, -0.25) is 29.0 Å². The van der Waals surface area contributed by atoms with Crippen molar-refractivity contribution < 1.29 is 24.3 Å². The molecule has 4 aliphatic rings. The standard InChI is InChI=1S/C22H21ClN2O5/c1-24-19(27)12-6-5-10-13(17(12)21(24)29)8-14-18(22(30)25(2)20(14)28)16(10)11-4-3-9(26)7-15(11)23/h3-5,7,12-14,16-18,26H,6,8H2,1-2H3/t12-,13+,14+,16+,17-,18+/m0/s1. The normalized spacial score (nSPS) is 35.4. The summed E-state index contributed by atoms with van der Waals surface area (Å²) in [7, 11) is 2.98. The molecule has 0 spiro atoms. The molecule has 4 amide bonds. The smallest absolute Gasteiger partial charge is 0.233 e. The van der Waals surface area contributed by atoms with E-state index in [1.54, 1.807) is 6.07 Å². The summed E-state index contributed by atoms with van der Waals surface area (Å²) in [5, 5.41) is 10.1. The molecule has 1 N–H and O–H groups in total. The van der Waals surface area contributed by atoms with Gasteiger partial charge < -0.3 is 5.11 Å². The van der Waals surface area contributed by atoms with Gasteiger partial charge in [-0.05, 0) is 36.5 Å². The number of hydrogen-bond acceptors (Lipinski definition) is 5. The summed E-state index contributed by atoms with van der Waals surface area (Å²) in [5.74, 6) is -3.79. The minimum absolute atomic E-state index is 0.00878. The van der Waals surface area contributed by atoms with Crippen molar-refractivity contribution in [1.82, 2.24) is 9.80 Å². The largest absolute Gasteiger partial charge is 0.508 e. The lowest BCUT2D eigenvalue weighted by Gasteiger charge is -2.44. The molecule has 7 nitrogen and oxygen atoms in total. The average Bonchev–Trinajstić information content (AvgIpc) is 3.07. The summed E-state index contributed by atoms with van der Waals surface area (Å²) in [4.78, 5) is 53.8. The van der Waals surface area contributed by atoms with E-state index in [1.807, 2.05) is 6.08 Å². The Balaban J connectivity index is 1.68. The fourth-order valence-electron chi connectivity index (χ4n) is 6.02. The van der Waals surface area contributed by atoms with Crippen molar-refractivity contribution in [3.63, 3.8) is 0 Å². The quantitative estimate of drug-likeness (QED) is 0.545. The number of hydrogen-bond donors (Lipinski definition) is 1. The molecule has 1 aromatic rings. The Kier molecular flexibility index (Phi) is 4.13. The second-order valence-corrected chi connectivity index (χ2v) is 9.11. The first-order chi connectivity index (χ1) is 14.2. The van der Waals surface area contributed by atoms with Crippen LogP contribution in [0.5, 0.6) is 5.75 Å². The number of fused-ring (bicyclic) bond motifs is 4. The molecule has 2 aliphatic carbocycles. The van der Waals surface area contributed by atoms with E-state index < -0.39 is 29.6 Å². The van der Waals surface area contributed by atoms with Crippen molar-refractivity contribution in [2.24, 2.45) is 29.6 Å². The van der Waals surface area contributed by atoms with Crippen LogP contribution in [0.15, 0.2) is 29.8 Å². The lowest BCUT2D eigenvalue weighted by Crippen LogP contribution is -2.43. The van der Waals surface area contributed by atoms with E-state index in [-0.39, 0.29) is 35.3 Å². The van der Waals surface area contributed by atoms with Crippen LogP contribution in [0.4, 0.5) is 0 Å². The van der Waals surface area contributed by atoms with E-state index in [9.17, 15) is 24.3 Å². The monoisotopic (exact) mass is 428 g/mol. The number of phenolic OH excluding ortho intramolecular Hbond substituents is 1. The SMILES string of the molecule is CN1C(=O)[C@H]2[C@H](CC=C3[C@H]2C[C@H]2C(=O)N(C)C(=O)[C@H]2[C@H]3c2ccc(O)cc2Cl)C1=O. The van der Waals surface area contributed by atoms with E-state index in [1.165, 1.54) is 36.0 Å². The number of halogens is 1. The van der Waals surface area contributed by atoms with Gasteiger partial charge >= 0.3 is 0 Å². The zero-order valence-corrected chi connectivity index (χ0v) is 17.3. The Morgan fingerprint density at radius 1 is 0.900 bits per heavy atom. The van der Waals surface area contributed by atoms with Crippen LogP contribution in [0.3, 0.4) is 0 Å². The maximum atomic E-state index is 13.0. The maximum Gasteiger partial charge on any atom is 0.233 e. The summed E-state index contributed by atoms with van der Waals surface area (Å²) in [5.41, 5.74) is 1.55. The zero-order valence-electron chi connectivity index (χ0n) is 16.5. The minimum Gasteiger partial charge on any atom is -0.508 e. The molecule has 2 heterocycles. The molecule has 8 heteroatoms. The summed E-state index contributed by atoms with van der Waals surface area (Å²) in [6.07, 6.45) is 2.76. The third kappa shape index (κ3) is 2.38. The first-order valence-corrected chi connectivity index (χ1v) is 10.4. The molecule has 0 unspecified atom stereocenters. The van der Waals surface area contributed by atoms with Crippen LogP contribution in [0.25, 0.3) is 0 Å². The number of aromatic hydroxyl groups is 1. The van der Waals surface area contributed by atoms with Crippen LogP contribution < -0.4 is 0 Å². The summed E-state index contributed by atoms with van der Waals surface area (Å²) in [6.45, 7) is 0. The number of allylic oxidation sites excluding steroid dienone is 2. The molecular formula is C22H21ClN2O5. The van der Waals surface area contributed by atoms with Gasteiger partial charge in [-0.15, -0.1) is 0 Å². The van der Waals surface area contributed by atoms with Crippen LogP contribution in [0.2, 0.25) is 5.02 Å². The second-order valence-electron chi connectivity index (χ2n) is 8.70. The number of amides is 4. The van der Waals surface area contributed by atoms with Crippen molar-refractivity contribution in [3.8, 4) is 5.75 Å². The fraction of sp³-hybridized carbons (Fsp3) is 0.455. The van der Waals surface area contributed by atoms with E-state index in [0.29, 0.717) is 23.4 Å². The molecule has 6 atom stereocenters. The van der Waals surface area contributed by atoms with Crippen molar-refractivity contribution in [2.75, 3.05) is 14.1 Å². The molecule has 0 bridgehead atoms. The summed E-state index contributed by atoms with van der Waals surface area (Å²) in [6, 6.07) is 4.61. The van der Waals surface area contributed by atoms with E-state index in [4.69, 9.17) is 11.6 Å². The Morgan fingerprint density at radius 2 is 1.53 bits per heavy atom. The lowest BCUT2D eigenvalue weighted by molar-refractivity contribution is -0.140. The number of carbonyl (C=O) groups excluding carboxylic acids is 4. The maximum absolute atomic E-state index is 13.0. The van der Waals surface area contributed by atoms with Gasteiger partial charge in [0.25, 0.3) is 0 Å². The lowest BCUT2D eigenvalue weighted by atomic mass is 9.57. The van der Waals surface area contributed by atoms with Crippen molar-refractivity contribution in [1.29, 1.82) is 0 Å². The average molecular weight is 429 g/mol. The number of benzene rings is 1. The number of rotatable bonds is 1. The van der Waals surface area contributed by atoms with Crippen LogP contribution in [-0.4, -0.2) is 52.6 Å². The molecule has 3 fully saturated rings. The Bertz CT molecular complexity index is 1050. The van der Waals surface area contributed by atoms with Gasteiger partial charge in [-0.2, -0.15) is 0 Å². The number of nitrogens with zero attached hydrogens (tertiary/aromatic N) is 2. The van der Waals surface area contributed by atoms with Gasteiger partial charge in [-0.1, -0.05) is 29.3 Å². The number of phenols is 1. The fourth-order valence-corrected chi connectivity index (χ4v) is 6.31. The molecule has 1 saturated carbocycles. The molecule has 0 radical (unpaired) electrons. The van der Waals surface area contributed by atoms with Gasteiger partial charge in [0.2, 0.25) is 23.6 Å². The molecular weight excluding hydrogens is 408 g/mol. The first-order valence-electron chi connectivity index (χ1n) is 10.0. The highest BCUT2D eigenvalue weighted by atomic mass is 35.5. The Morgan fingerprint density at radius 3 is 2.20 bits per heavy atom. The van der Waals surface area contributed by atoms with Crippen molar-refractivity contribution in [3.05, 3.63) is 40.4 Å². The minimum atomic E-state index is -0.603. The van der Waals surface area contributed by atoms with E-state index in [2.05, 4.69) is 0 Å². The molecule has 30 heavy (non-hydrogen) atoms. The molecule has 1 aromatic carbocycles. The summed E-state index contributed by atoms with van der Waals surface area (Å²) < 4.78 is 0. The zero-order chi connectivity index (χ0) is 21.5. The Hall–Kier alpha value is -2.67. The van der Waals surface area contributed by atoms with Gasteiger partial charge in [0.1, 0.15) is 5.75 Å². The molecule has 2 saturated heterocycles.